The molecule has 2 rings (SSSR count). The Morgan fingerprint density at radius 3 is 2.62 bits per heavy atom. The lowest BCUT2D eigenvalue weighted by Gasteiger charge is -2.17. The lowest BCUT2D eigenvalue weighted by Crippen LogP contribution is -2.23. The molecule has 3 nitrogen and oxygen atoms in total. The molecule has 0 saturated carbocycles. The molecular weight excluding hydrogens is 307 g/mol. The number of halogens is 2. The second kappa shape index (κ2) is 8.78. The van der Waals surface area contributed by atoms with Crippen LogP contribution >= 0.6 is 24.0 Å². The van der Waals surface area contributed by atoms with Crippen molar-refractivity contribution in [1.29, 1.82) is 0 Å². The molecule has 5 heteroatoms. The van der Waals surface area contributed by atoms with Crippen molar-refractivity contribution in [2.75, 3.05) is 25.9 Å². The van der Waals surface area contributed by atoms with Crippen LogP contribution in [0.25, 0.3) is 0 Å². The first-order valence-electron chi connectivity index (χ1n) is 6.55. The largest absolute Gasteiger partial charge is 0.491 e. The summed E-state index contributed by atoms with van der Waals surface area (Å²) in [5, 5.41) is 0.644. The summed E-state index contributed by atoms with van der Waals surface area (Å²) in [6, 6.07) is 15.4. The maximum Gasteiger partial charge on any atom is 0.137 e. The van der Waals surface area contributed by atoms with E-state index in [1.165, 1.54) is 5.56 Å². The summed E-state index contributed by atoms with van der Waals surface area (Å²) in [5.41, 5.74) is 7.76. The lowest BCUT2D eigenvalue weighted by molar-refractivity contribution is 0.233. The normalized spacial score (nSPS) is 10.2. The number of anilines is 1. The first-order valence-corrected chi connectivity index (χ1v) is 6.93. The average Bonchev–Trinajstić information content (AvgIpc) is 2.41. The van der Waals surface area contributed by atoms with Gasteiger partial charge in [0.1, 0.15) is 12.4 Å². The minimum Gasteiger partial charge on any atom is -0.491 e. The Morgan fingerprint density at radius 1 is 1.14 bits per heavy atom. The molecule has 2 aromatic rings. The van der Waals surface area contributed by atoms with Gasteiger partial charge < -0.3 is 10.5 Å². The molecule has 0 atom stereocenters. The minimum absolute atomic E-state index is 0. The molecule has 2 N–H and O–H groups in total. The Balaban J connectivity index is 0.00000220. The summed E-state index contributed by atoms with van der Waals surface area (Å²) in [6.45, 7) is 2.26. The van der Waals surface area contributed by atoms with Crippen LogP contribution in [-0.2, 0) is 6.54 Å². The number of nitrogen functional groups attached to an aromatic ring is 1. The van der Waals surface area contributed by atoms with Crippen molar-refractivity contribution in [3.05, 3.63) is 59.1 Å². The quantitative estimate of drug-likeness (QED) is 0.819. The van der Waals surface area contributed by atoms with Gasteiger partial charge in [-0.2, -0.15) is 0 Å². The number of para-hydroxylation sites is 1. The zero-order valence-corrected chi connectivity index (χ0v) is 13.5. The van der Waals surface area contributed by atoms with Gasteiger partial charge in [0, 0.05) is 18.8 Å². The highest BCUT2D eigenvalue weighted by molar-refractivity contribution is 6.32. The Labute approximate surface area is 137 Å². The highest BCUT2D eigenvalue weighted by Gasteiger charge is 2.03. The number of ether oxygens (including phenoxy) is 1. The number of benzene rings is 2. The third-order valence-corrected chi connectivity index (χ3v) is 3.28. The molecule has 0 aliphatic carbocycles. The molecule has 0 radical (unpaired) electrons. The van der Waals surface area contributed by atoms with Crippen molar-refractivity contribution >= 4 is 29.7 Å². The Kier molecular flexibility index (Phi) is 7.37. The highest BCUT2D eigenvalue weighted by atomic mass is 35.5. The average molecular weight is 327 g/mol. The van der Waals surface area contributed by atoms with E-state index in [9.17, 15) is 0 Å². The number of nitrogens with zero attached hydrogens (tertiary/aromatic N) is 1. The fourth-order valence-corrected chi connectivity index (χ4v) is 2.15. The van der Waals surface area contributed by atoms with Gasteiger partial charge in [0.05, 0.1) is 5.02 Å². The SMILES string of the molecule is CN(CCOc1ccccc1Cl)Cc1cccc(N)c1.Cl. The summed E-state index contributed by atoms with van der Waals surface area (Å²) < 4.78 is 5.67. The standard InChI is InChI=1S/C16H19ClN2O.ClH/c1-19(12-13-5-4-6-14(18)11-13)9-10-20-16-8-3-2-7-15(16)17;/h2-8,11H,9-10,12,18H2,1H3;1H. The molecule has 0 heterocycles. The number of rotatable bonds is 6. The molecule has 0 aliphatic heterocycles. The summed E-state index contributed by atoms with van der Waals surface area (Å²) in [5.74, 6) is 0.728. The minimum atomic E-state index is 0. The third kappa shape index (κ3) is 5.84. The molecule has 114 valence electrons. The van der Waals surface area contributed by atoms with Gasteiger partial charge >= 0.3 is 0 Å². The first kappa shape index (κ1) is 17.6. The van der Waals surface area contributed by atoms with Crippen LogP contribution in [0.2, 0.25) is 5.02 Å². The number of hydrogen-bond acceptors (Lipinski definition) is 3. The van der Waals surface area contributed by atoms with E-state index in [4.69, 9.17) is 22.1 Å². The van der Waals surface area contributed by atoms with Crippen molar-refractivity contribution in [2.45, 2.75) is 6.54 Å². The van der Waals surface area contributed by atoms with E-state index in [0.29, 0.717) is 11.6 Å². The monoisotopic (exact) mass is 326 g/mol. The van der Waals surface area contributed by atoms with E-state index < -0.39 is 0 Å². The molecule has 0 aromatic heterocycles. The van der Waals surface area contributed by atoms with Crippen LogP contribution in [0.3, 0.4) is 0 Å². The van der Waals surface area contributed by atoms with Gasteiger partial charge in [-0.15, -0.1) is 12.4 Å². The molecule has 21 heavy (non-hydrogen) atoms. The topological polar surface area (TPSA) is 38.5 Å². The maximum atomic E-state index is 6.03. The van der Waals surface area contributed by atoms with Crippen LogP contribution in [0.5, 0.6) is 5.75 Å². The molecule has 0 bridgehead atoms. The van der Waals surface area contributed by atoms with E-state index in [1.54, 1.807) is 0 Å². The first-order chi connectivity index (χ1) is 9.65. The van der Waals surface area contributed by atoms with E-state index in [0.717, 1.165) is 24.5 Å². The van der Waals surface area contributed by atoms with Gasteiger partial charge in [-0.1, -0.05) is 35.9 Å². The highest BCUT2D eigenvalue weighted by Crippen LogP contribution is 2.22. The smallest absolute Gasteiger partial charge is 0.137 e. The van der Waals surface area contributed by atoms with Gasteiger partial charge in [0.25, 0.3) is 0 Å². The van der Waals surface area contributed by atoms with Gasteiger partial charge in [-0.3, -0.25) is 4.90 Å². The molecule has 0 unspecified atom stereocenters. The van der Waals surface area contributed by atoms with Crippen molar-refractivity contribution in [1.82, 2.24) is 4.90 Å². The Morgan fingerprint density at radius 2 is 1.90 bits per heavy atom. The second-order valence-electron chi connectivity index (χ2n) is 4.76. The molecule has 2 aromatic carbocycles. The fourth-order valence-electron chi connectivity index (χ4n) is 1.96. The summed E-state index contributed by atoms with van der Waals surface area (Å²) >= 11 is 6.03. The predicted molar refractivity (Wildman–Crippen MR) is 91.4 cm³/mol. The van der Waals surface area contributed by atoms with E-state index in [1.807, 2.05) is 42.5 Å². The van der Waals surface area contributed by atoms with Gasteiger partial charge in [0.15, 0.2) is 0 Å². The lowest BCUT2D eigenvalue weighted by atomic mass is 10.2. The molecule has 0 spiro atoms. The van der Waals surface area contributed by atoms with Crippen molar-refractivity contribution in [2.24, 2.45) is 0 Å². The van der Waals surface area contributed by atoms with Crippen LogP contribution in [0, 0.1) is 0 Å². The number of likely N-dealkylation sites (N-methyl/N-ethyl adjacent to an activating group) is 1. The van der Waals surface area contributed by atoms with Gasteiger partial charge in [-0.05, 0) is 36.9 Å². The van der Waals surface area contributed by atoms with Crippen molar-refractivity contribution in [3.63, 3.8) is 0 Å². The summed E-state index contributed by atoms with van der Waals surface area (Å²) in [4.78, 5) is 2.19. The Bertz CT molecular complexity index is 563. The molecule has 0 saturated heterocycles. The van der Waals surface area contributed by atoms with Crippen LogP contribution < -0.4 is 10.5 Å². The van der Waals surface area contributed by atoms with E-state index >= 15 is 0 Å². The Hall–Kier alpha value is -1.42. The van der Waals surface area contributed by atoms with Gasteiger partial charge in [-0.25, -0.2) is 0 Å². The predicted octanol–water partition coefficient (Wildman–Crippen LogP) is 3.85. The number of hydrogen-bond donors (Lipinski definition) is 1. The van der Waals surface area contributed by atoms with Crippen molar-refractivity contribution in [3.8, 4) is 5.75 Å². The van der Waals surface area contributed by atoms with Crippen molar-refractivity contribution < 1.29 is 4.74 Å². The van der Waals surface area contributed by atoms with Crippen LogP contribution in [0.1, 0.15) is 5.56 Å². The van der Waals surface area contributed by atoms with Gasteiger partial charge in [0.2, 0.25) is 0 Å². The van der Waals surface area contributed by atoms with Crippen LogP contribution in [-0.4, -0.2) is 25.1 Å². The fraction of sp³-hybridized carbons (Fsp3) is 0.250. The summed E-state index contributed by atoms with van der Waals surface area (Å²) in [6.07, 6.45) is 0. The van der Waals surface area contributed by atoms with Crippen LogP contribution in [0.15, 0.2) is 48.5 Å². The molecule has 0 fully saturated rings. The molecular formula is C16H20Cl2N2O. The van der Waals surface area contributed by atoms with E-state index in [2.05, 4.69) is 18.0 Å². The second-order valence-corrected chi connectivity index (χ2v) is 5.17. The zero-order valence-electron chi connectivity index (χ0n) is 12.0. The number of nitrogens with two attached hydrogens (primary N) is 1. The van der Waals surface area contributed by atoms with E-state index in [-0.39, 0.29) is 12.4 Å². The van der Waals surface area contributed by atoms with Crippen LogP contribution in [0.4, 0.5) is 5.69 Å². The maximum absolute atomic E-state index is 6.03. The summed E-state index contributed by atoms with van der Waals surface area (Å²) in [7, 11) is 2.05. The zero-order chi connectivity index (χ0) is 14.4. The third-order valence-electron chi connectivity index (χ3n) is 2.97. The molecule has 0 aliphatic rings. The molecule has 0 amide bonds.